The molecule has 0 spiro atoms. The fourth-order valence-corrected chi connectivity index (χ4v) is 3.59. The number of rotatable bonds is 4. The molecule has 0 bridgehead atoms. The van der Waals surface area contributed by atoms with Gasteiger partial charge in [0, 0.05) is 11.8 Å². The van der Waals surface area contributed by atoms with Crippen molar-refractivity contribution in [3.63, 3.8) is 0 Å². The first-order chi connectivity index (χ1) is 8.86. The van der Waals surface area contributed by atoms with Crippen LogP contribution in [0.15, 0.2) is 11.4 Å². The summed E-state index contributed by atoms with van der Waals surface area (Å²) in [4.78, 5) is 16.4. The van der Waals surface area contributed by atoms with E-state index in [0.29, 0.717) is 11.2 Å². The second kappa shape index (κ2) is 5.14. The topological polar surface area (TPSA) is 66.5 Å². The third-order valence-electron chi connectivity index (χ3n) is 3.17. The maximum absolute atomic E-state index is 4.60. The van der Waals surface area contributed by atoms with Crippen molar-refractivity contribution in [2.24, 2.45) is 0 Å². The molecule has 18 heavy (non-hydrogen) atoms. The minimum absolute atomic E-state index is 0.678. The van der Waals surface area contributed by atoms with E-state index in [2.05, 4.69) is 25.3 Å². The first-order valence-corrected chi connectivity index (χ1v) is 7.36. The summed E-state index contributed by atoms with van der Waals surface area (Å²) in [5.41, 5.74) is 1.72. The maximum Gasteiger partial charge on any atom is 0.225 e. The number of fused-ring (bicyclic) bond motifs is 1. The van der Waals surface area contributed by atoms with Gasteiger partial charge >= 0.3 is 0 Å². The molecule has 0 saturated heterocycles. The third kappa shape index (κ3) is 2.29. The van der Waals surface area contributed by atoms with Crippen molar-refractivity contribution in [3.8, 4) is 0 Å². The lowest BCUT2D eigenvalue weighted by Gasteiger charge is -2.09. The van der Waals surface area contributed by atoms with E-state index in [1.54, 1.807) is 6.33 Å². The second-order valence-electron chi connectivity index (χ2n) is 4.51. The normalized spacial score (nSPS) is 16.5. The van der Waals surface area contributed by atoms with Gasteiger partial charge in [0.05, 0.1) is 6.33 Å². The van der Waals surface area contributed by atoms with Crippen molar-refractivity contribution in [1.82, 2.24) is 19.9 Å². The van der Waals surface area contributed by atoms with Gasteiger partial charge in [0.15, 0.2) is 5.65 Å². The average Bonchev–Trinajstić information content (AvgIpc) is 2.99. The van der Waals surface area contributed by atoms with Gasteiger partial charge in [-0.25, -0.2) is 9.97 Å². The van der Waals surface area contributed by atoms with Crippen molar-refractivity contribution in [3.05, 3.63) is 6.33 Å². The van der Waals surface area contributed by atoms with E-state index in [0.717, 1.165) is 22.7 Å². The van der Waals surface area contributed by atoms with E-state index in [1.165, 1.54) is 25.7 Å². The van der Waals surface area contributed by atoms with Crippen molar-refractivity contribution in [2.45, 2.75) is 42.9 Å². The first-order valence-electron chi connectivity index (χ1n) is 6.48. The molecule has 5 nitrogen and oxygen atoms in total. The van der Waals surface area contributed by atoms with Crippen LogP contribution >= 0.6 is 11.8 Å². The van der Waals surface area contributed by atoms with Crippen LogP contribution in [0.1, 0.15) is 32.6 Å². The fourth-order valence-electron chi connectivity index (χ4n) is 2.29. The summed E-state index contributed by atoms with van der Waals surface area (Å²) in [6.45, 7) is 2.87. The van der Waals surface area contributed by atoms with Crippen molar-refractivity contribution in [2.75, 3.05) is 11.9 Å². The van der Waals surface area contributed by atoms with Crippen LogP contribution in [0, 0.1) is 0 Å². The highest BCUT2D eigenvalue weighted by molar-refractivity contribution is 8.00. The van der Waals surface area contributed by atoms with Gasteiger partial charge in [0.2, 0.25) is 5.95 Å². The summed E-state index contributed by atoms with van der Waals surface area (Å²) < 4.78 is 0. The number of aromatic nitrogens is 4. The van der Waals surface area contributed by atoms with Gasteiger partial charge in [-0.3, -0.25) is 0 Å². The zero-order chi connectivity index (χ0) is 12.4. The average molecular weight is 263 g/mol. The third-order valence-corrected chi connectivity index (χ3v) is 4.49. The Morgan fingerprint density at radius 1 is 1.39 bits per heavy atom. The molecule has 2 aromatic heterocycles. The molecule has 1 saturated carbocycles. The van der Waals surface area contributed by atoms with Crippen LogP contribution in [0.25, 0.3) is 11.2 Å². The van der Waals surface area contributed by atoms with Gasteiger partial charge in [-0.1, -0.05) is 12.8 Å². The highest BCUT2D eigenvalue weighted by atomic mass is 32.2. The lowest BCUT2D eigenvalue weighted by atomic mass is 10.4. The van der Waals surface area contributed by atoms with Gasteiger partial charge in [-0.05, 0) is 19.8 Å². The SMILES string of the molecule is CCNc1nc(SC2CCCC2)c2[nH]cnc2n1. The summed E-state index contributed by atoms with van der Waals surface area (Å²) >= 11 is 1.86. The molecule has 1 aliphatic rings. The van der Waals surface area contributed by atoms with Crippen molar-refractivity contribution in [1.29, 1.82) is 0 Å². The quantitative estimate of drug-likeness (QED) is 0.830. The molecular formula is C12H17N5S. The van der Waals surface area contributed by atoms with Gasteiger partial charge in [0.25, 0.3) is 0 Å². The molecule has 3 rings (SSSR count). The summed E-state index contributed by atoms with van der Waals surface area (Å²) in [5.74, 6) is 0.678. The van der Waals surface area contributed by atoms with E-state index in [4.69, 9.17) is 0 Å². The highest BCUT2D eigenvalue weighted by Gasteiger charge is 2.19. The Kier molecular flexibility index (Phi) is 3.36. The Labute approximate surface area is 110 Å². The molecule has 0 amide bonds. The Morgan fingerprint density at radius 2 is 2.22 bits per heavy atom. The van der Waals surface area contributed by atoms with Gasteiger partial charge in [-0.15, -0.1) is 11.8 Å². The smallest absolute Gasteiger partial charge is 0.225 e. The number of nitrogens with one attached hydrogen (secondary N) is 2. The molecule has 1 aliphatic carbocycles. The predicted molar refractivity (Wildman–Crippen MR) is 74.0 cm³/mol. The molecule has 0 radical (unpaired) electrons. The summed E-state index contributed by atoms with van der Waals surface area (Å²) in [6.07, 6.45) is 6.96. The molecule has 0 aromatic carbocycles. The molecule has 0 unspecified atom stereocenters. The summed E-state index contributed by atoms with van der Waals surface area (Å²) in [7, 11) is 0. The first kappa shape index (κ1) is 11.8. The van der Waals surface area contributed by atoms with Gasteiger partial charge in [-0.2, -0.15) is 4.98 Å². The largest absolute Gasteiger partial charge is 0.354 e. The predicted octanol–water partition coefficient (Wildman–Crippen LogP) is 2.82. The van der Waals surface area contributed by atoms with Crippen LogP contribution in [0.3, 0.4) is 0 Å². The number of aromatic amines is 1. The zero-order valence-electron chi connectivity index (χ0n) is 10.4. The number of imidazole rings is 1. The number of thioether (sulfide) groups is 1. The van der Waals surface area contributed by atoms with E-state index < -0.39 is 0 Å². The van der Waals surface area contributed by atoms with Crippen LogP contribution in [-0.4, -0.2) is 31.7 Å². The second-order valence-corrected chi connectivity index (χ2v) is 5.80. The molecule has 0 atom stereocenters. The van der Waals surface area contributed by atoms with E-state index in [1.807, 2.05) is 18.7 Å². The molecule has 2 heterocycles. The number of hydrogen-bond donors (Lipinski definition) is 2. The van der Waals surface area contributed by atoms with Crippen LogP contribution < -0.4 is 5.32 Å². The monoisotopic (exact) mass is 263 g/mol. The zero-order valence-corrected chi connectivity index (χ0v) is 11.3. The molecule has 96 valence electrons. The Bertz CT molecular complexity index is 532. The molecule has 1 fully saturated rings. The minimum atomic E-state index is 0.678. The summed E-state index contributed by atoms with van der Waals surface area (Å²) in [5, 5.41) is 4.89. The Hall–Kier alpha value is -1.30. The minimum Gasteiger partial charge on any atom is -0.354 e. The van der Waals surface area contributed by atoms with Crippen molar-refractivity contribution < 1.29 is 0 Å². The molecule has 0 aliphatic heterocycles. The van der Waals surface area contributed by atoms with Gasteiger partial charge < -0.3 is 10.3 Å². The van der Waals surface area contributed by atoms with Gasteiger partial charge in [0.1, 0.15) is 10.5 Å². The maximum atomic E-state index is 4.60. The van der Waals surface area contributed by atoms with Crippen LogP contribution in [0.2, 0.25) is 0 Å². The number of anilines is 1. The molecule has 2 aromatic rings. The Morgan fingerprint density at radius 3 is 3.00 bits per heavy atom. The summed E-state index contributed by atoms with van der Waals surface area (Å²) in [6, 6.07) is 0. The Balaban J connectivity index is 1.93. The molecule has 2 N–H and O–H groups in total. The highest BCUT2D eigenvalue weighted by Crippen LogP contribution is 2.36. The molecular weight excluding hydrogens is 246 g/mol. The number of nitrogens with zero attached hydrogens (tertiary/aromatic N) is 3. The van der Waals surface area contributed by atoms with Crippen LogP contribution in [0.4, 0.5) is 5.95 Å². The van der Waals surface area contributed by atoms with E-state index >= 15 is 0 Å². The lowest BCUT2D eigenvalue weighted by Crippen LogP contribution is -2.04. The lowest BCUT2D eigenvalue weighted by molar-refractivity contribution is 0.886. The standard InChI is InChI=1S/C12H17N5S/c1-2-13-12-16-10-9(14-7-15-10)11(17-12)18-8-5-3-4-6-8/h7-8H,2-6H2,1H3,(H2,13,14,15,16,17). The van der Waals surface area contributed by atoms with E-state index in [9.17, 15) is 0 Å². The molecule has 6 heteroatoms. The van der Waals surface area contributed by atoms with E-state index in [-0.39, 0.29) is 0 Å². The number of hydrogen-bond acceptors (Lipinski definition) is 5. The number of H-pyrrole nitrogens is 1. The van der Waals surface area contributed by atoms with Crippen LogP contribution in [0.5, 0.6) is 0 Å². The fraction of sp³-hybridized carbons (Fsp3) is 0.583. The van der Waals surface area contributed by atoms with Crippen LogP contribution in [-0.2, 0) is 0 Å². The van der Waals surface area contributed by atoms with Crippen molar-refractivity contribution >= 4 is 28.9 Å².